The standard InChI is InChI=1S/C23H25F4N5O2.C4H2ClNO2/c24-16-4-5-18(23(25,26)27)17(14-16)22(34)32-11-1-10-31(12-13-32)20-7-6-19(29-30-20)21(33)28-9-8-15-2-3-15;5-4(7)3-1-2-6-8-3/h4-7,14-15H,1-3,8-13H2,(H,28,33);1-2H. The number of anilines is 1. The van der Waals surface area contributed by atoms with E-state index in [1.165, 1.54) is 30.0 Å². The Kier molecular flexibility index (Phi) is 10.1. The van der Waals surface area contributed by atoms with Gasteiger partial charge in [0.1, 0.15) is 5.82 Å². The van der Waals surface area contributed by atoms with E-state index in [1.807, 2.05) is 4.90 Å². The van der Waals surface area contributed by atoms with Gasteiger partial charge in [0.25, 0.3) is 17.1 Å². The maximum absolute atomic E-state index is 13.6. The number of halogens is 5. The molecular weight excluding hydrogens is 584 g/mol. The third-order valence-electron chi connectivity index (χ3n) is 6.67. The summed E-state index contributed by atoms with van der Waals surface area (Å²) in [5.74, 6) is -0.762. The van der Waals surface area contributed by atoms with Crippen molar-refractivity contribution < 1.29 is 36.5 Å². The van der Waals surface area contributed by atoms with Gasteiger partial charge < -0.3 is 19.6 Å². The number of benzene rings is 1. The van der Waals surface area contributed by atoms with Crippen molar-refractivity contribution in [1.82, 2.24) is 25.6 Å². The van der Waals surface area contributed by atoms with E-state index in [0.717, 1.165) is 6.42 Å². The van der Waals surface area contributed by atoms with E-state index in [9.17, 15) is 31.9 Å². The van der Waals surface area contributed by atoms with Gasteiger partial charge in [-0.05, 0) is 60.7 Å². The first-order chi connectivity index (χ1) is 20.0. The number of aromatic nitrogens is 3. The maximum Gasteiger partial charge on any atom is 0.417 e. The summed E-state index contributed by atoms with van der Waals surface area (Å²) in [4.78, 5) is 38.3. The van der Waals surface area contributed by atoms with Crippen LogP contribution in [0.25, 0.3) is 0 Å². The molecule has 1 saturated carbocycles. The first kappa shape index (κ1) is 30.9. The summed E-state index contributed by atoms with van der Waals surface area (Å²) in [6, 6.07) is 6.55. The average molecular weight is 611 g/mol. The van der Waals surface area contributed by atoms with Crippen molar-refractivity contribution in [2.24, 2.45) is 5.92 Å². The molecule has 15 heteroatoms. The number of hydrogen-bond donors (Lipinski definition) is 1. The molecule has 42 heavy (non-hydrogen) atoms. The van der Waals surface area contributed by atoms with Crippen LogP contribution in [0.15, 0.2) is 47.1 Å². The Balaban J connectivity index is 0.000000437. The molecule has 0 spiro atoms. The predicted molar refractivity (Wildman–Crippen MR) is 143 cm³/mol. The Hall–Kier alpha value is -4.07. The van der Waals surface area contributed by atoms with Crippen molar-refractivity contribution in [2.45, 2.75) is 31.9 Å². The smallest absolute Gasteiger partial charge is 0.353 e. The quantitative estimate of drug-likeness (QED) is 0.305. The van der Waals surface area contributed by atoms with Gasteiger partial charge in [0.15, 0.2) is 11.5 Å². The fourth-order valence-electron chi connectivity index (χ4n) is 4.28. The number of carbonyl (C=O) groups is 3. The molecule has 1 saturated heterocycles. The van der Waals surface area contributed by atoms with Gasteiger partial charge in [-0.15, -0.1) is 10.2 Å². The highest BCUT2D eigenvalue weighted by molar-refractivity contribution is 6.67. The number of amides is 2. The van der Waals surface area contributed by atoms with Crippen molar-refractivity contribution >= 4 is 34.5 Å². The van der Waals surface area contributed by atoms with Crippen molar-refractivity contribution in [3.8, 4) is 0 Å². The molecule has 3 heterocycles. The molecule has 2 fully saturated rings. The van der Waals surface area contributed by atoms with Crippen molar-refractivity contribution in [1.29, 1.82) is 0 Å². The summed E-state index contributed by atoms with van der Waals surface area (Å²) in [6.07, 6.45) is 0.464. The zero-order chi connectivity index (χ0) is 30.3. The number of rotatable bonds is 7. The second kappa shape index (κ2) is 13.7. The molecule has 1 aromatic carbocycles. The molecule has 2 aliphatic rings. The van der Waals surface area contributed by atoms with Crippen LogP contribution in [0.1, 0.15) is 62.6 Å². The molecule has 0 unspecified atom stereocenters. The number of nitrogens with one attached hydrogen (secondary N) is 1. The van der Waals surface area contributed by atoms with Crippen molar-refractivity contribution in [3.05, 3.63) is 71.0 Å². The van der Waals surface area contributed by atoms with Crippen molar-refractivity contribution in [3.63, 3.8) is 0 Å². The van der Waals surface area contributed by atoms with Crippen LogP contribution in [-0.2, 0) is 6.18 Å². The molecule has 1 N–H and O–H groups in total. The van der Waals surface area contributed by atoms with E-state index in [2.05, 4.69) is 25.2 Å². The summed E-state index contributed by atoms with van der Waals surface area (Å²) in [6.45, 7) is 1.77. The fraction of sp³-hybridized carbons (Fsp3) is 0.407. The Labute approximate surface area is 243 Å². The minimum Gasteiger partial charge on any atom is -0.353 e. The van der Waals surface area contributed by atoms with Gasteiger partial charge in [-0.2, -0.15) is 13.2 Å². The number of carbonyl (C=O) groups excluding carboxylic acids is 3. The Morgan fingerprint density at radius 2 is 1.81 bits per heavy atom. The van der Waals surface area contributed by atoms with Crippen LogP contribution in [-0.4, -0.2) is 70.0 Å². The minimum atomic E-state index is -4.77. The lowest BCUT2D eigenvalue weighted by Crippen LogP contribution is -2.36. The Morgan fingerprint density at radius 1 is 1.02 bits per heavy atom. The van der Waals surface area contributed by atoms with Gasteiger partial charge in [-0.3, -0.25) is 14.4 Å². The average Bonchev–Trinajstić information content (AvgIpc) is 3.68. The molecule has 0 bridgehead atoms. The Bertz CT molecular complexity index is 1380. The second-order valence-corrected chi connectivity index (χ2v) is 10.1. The molecule has 3 aromatic rings. The molecule has 1 aliphatic heterocycles. The van der Waals surface area contributed by atoms with Gasteiger partial charge in [-0.25, -0.2) is 4.39 Å². The summed E-state index contributed by atoms with van der Waals surface area (Å²) in [5.41, 5.74) is -1.65. The molecule has 1 aliphatic carbocycles. The molecule has 10 nitrogen and oxygen atoms in total. The molecule has 5 rings (SSSR count). The fourth-order valence-corrected chi connectivity index (χ4v) is 4.38. The van der Waals surface area contributed by atoms with Crippen molar-refractivity contribution in [2.75, 3.05) is 37.6 Å². The second-order valence-electron chi connectivity index (χ2n) is 9.74. The van der Waals surface area contributed by atoms with E-state index >= 15 is 0 Å². The highest BCUT2D eigenvalue weighted by atomic mass is 35.5. The molecule has 2 aromatic heterocycles. The monoisotopic (exact) mass is 610 g/mol. The molecule has 224 valence electrons. The van der Waals surface area contributed by atoms with Gasteiger partial charge >= 0.3 is 6.18 Å². The van der Waals surface area contributed by atoms with E-state index in [0.29, 0.717) is 56.0 Å². The van der Waals surface area contributed by atoms with Gasteiger partial charge in [0.05, 0.1) is 17.3 Å². The lowest BCUT2D eigenvalue weighted by Gasteiger charge is -2.23. The summed E-state index contributed by atoms with van der Waals surface area (Å²) in [7, 11) is 0. The van der Waals surface area contributed by atoms with Crippen LogP contribution in [0, 0.1) is 11.7 Å². The topological polar surface area (TPSA) is 122 Å². The molecule has 0 atom stereocenters. The number of nitrogens with zero attached hydrogens (tertiary/aromatic N) is 5. The van der Waals surface area contributed by atoms with Crippen LogP contribution in [0.3, 0.4) is 0 Å². The summed E-state index contributed by atoms with van der Waals surface area (Å²) in [5, 5.41) is 13.6. The van der Waals surface area contributed by atoms with Gasteiger partial charge in [0, 0.05) is 38.8 Å². The van der Waals surface area contributed by atoms with Crippen LogP contribution in [0.4, 0.5) is 23.4 Å². The van der Waals surface area contributed by atoms with E-state index in [-0.39, 0.29) is 30.5 Å². The SMILES string of the molecule is O=C(Cl)c1ccno1.O=C(NCCC1CC1)c1ccc(N2CCCN(C(=O)c3cc(F)ccc3C(F)(F)F)CC2)nn1. The predicted octanol–water partition coefficient (Wildman–Crippen LogP) is 4.57. The normalized spacial score (nSPS) is 15.4. The lowest BCUT2D eigenvalue weighted by molar-refractivity contribution is -0.138. The largest absolute Gasteiger partial charge is 0.417 e. The third kappa shape index (κ3) is 8.47. The molecule has 0 radical (unpaired) electrons. The minimum absolute atomic E-state index is 0.0756. The lowest BCUT2D eigenvalue weighted by atomic mass is 10.1. The zero-order valence-electron chi connectivity index (χ0n) is 22.2. The molecular formula is C27H27ClF4N6O4. The number of alkyl halides is 3. The van der Waals surface area contributed by atoms with Gasteiger partial charge in [0.2, 0.25) is 5.76 Å². The highest BCUT2D eigenvalue weighted by Gasteiger charge is 2.36. The Morgan fingerprint density at radius 3 is 2.40 bits per heavy atom. The highest BCUT2D eigenvalue weighted by Crippen LogP contribution is 2.33. The summed E-state index contributed by atoms with van der Waals surface area (Å²) < 4.78 is 58.0. The maximum atomic E-state index is 13.6. The first-order valence-corrected chi connectivity index (χ1v) is 13.5. The van der Waals surface area contributed by atoms with E-state index < -0.39 is 34.3 Å². The van der Waals surface area contributed by atoms with Crippen LogP contribution in [0.2, 0.25) is 0 Å². The van der Waals surface area contributed by atoms with E-state index in [1.54, 1.807) is 12.1 Å². The number of hydrogen-bond acceptors (Lipinski definition) is 8. The third-order valence-corrected chi connectivity index (χ3v) is 6.86. The molecule has 2 amide bonds. The first-order valence-electron chi connectivity index (χ1n) is 13.2. The van der Waals surface area contributed by atoms with Crippen LogP contribution in [0.5, 0.6) is 0 Å². The summed E-state index contributed by atoms with van der Waals surface area (Å²) >= 11 is 4.97. The zero-order valence-corrected chi connectivity index (χ0v) is 23.0. The van der Waals surface area contributed by atoms with Gasteiger partial charge in [-0.1, -0.05) is 18.0 Å². The van der Waals surface area contributed by atoms with Crippen LogP contribution >= 0.6 is 11.6 Å². The van der Waals surface area contributed by atoms with Crippen LogP contribution < -0.4 is 10.2 Å². The van der Waals surface area contributed by atoms with E-state index in [4.69, 9.17) is 11.6 Å².